The van der Waals surface area contributed by atoms with Gasteiger partial charge in [-0.15, -0.1) is 11.6 Å². The van der Waals surface area contributed by atoms with Crippen molar-refractivity contribution in [2.45, 2.75) is 25.6 Å². The highest BCUT2D eigenvalue weighted by molar-refractivity contribution is 14.1. The maximum atomic E-state index is 5.80. The van der Waals surface area contributed by atoms with E-state index in [1.807, 2.05) is 0 Å². The number of halogens is 3. The Labute approximate surface area is 106 Å². The molecule has 0 amide bonds. The van der Waals surface area contributed by atoms with Gasteiger partial charge in [0.25, 0.3) is 0 Å². The fraction of sp³-hybridized carbons (Fsp3) is 0.400. The zero-order valence-corrected chi connectivity index (χ0v) is 12.1. The van der Waals surface area contributed by atoms with Crippen LogP contribution in [0, 0.1) is 3.57 Å². The number of rotatable bonds is 2. The summed E-state index contributed by atoms with van der Waals surface area (Å²) >= 11 is 11.7. The molecule has 1 aromatic rings. The van der Waals surface area contributed by atoms with E-state index in [1.54, 1.807) is 0 Å². The fourth-order valence-electron chi connectivity index (χ4n) is 1.15. The first kappa shape index (κ1) is 11.8. The van der Waals surface area contributed by atoms with Crippen molar-refractivity contribution in [3.05, 3.63) is 31.3 Å². The monoisotopic (exact) mass is 372 g/mol. The van der Waals surface area contributed by atoms with Gasteiger partial charge in [0, 0.05) is 13.9 Å². The molecule has 0 aliphatic heterocycles. The molecule has 0 fully saturated rings. The number of hydrogen-bond donors (Lipinski definition) is 0. The van der Waals surface area contributed by atoms with Gasteiger partial charge in [-0.3, -0.25) is 0 Å². The number of benzene rings is 1. The minimum Gasteiger partial charge on any atom is -0.122 e. The molecule has 72 valence electrons. The Bertz CT molecular complexity index is 310. The van der Waals surface area contributed by atoms with Gasteiger partial charge < -0.3 is 0 Å². The molecule has 0 heterocycles. The summed E-state index contributed by atoms with van der Waals surface area (Å²) in [4.78, 5) is 0. The first-order valence-corrected chi connectivity index (χ1v) is 6.51. The van der Waals surface area contributed by atoms with Crippen molar-refractivity contribution in [2.24, 2.45) is 0 Å². The molecule has 0 nitrogen and oxygen atoms in total. The lowest BCUT2D eigenvalue weighted by Gasteiger charge is -2.12. The first-order chi connectivity index (χ1) is 6.07. The molecule has 0 bridgehead atoms. The normalized spacial score (nSPS) is 10.9. The summed E-state index contributed by atoms with van der Waals surface area (Å²) in [5, 5.41) is 0. The van der Waals surface area contributed by atoms with Crippen LogP contribution >= 0.6 is 50.1 Å². The summed E-state index contributed by atoms with van der Waals surface area (Å²) in [6, 6.07) is 4.25. The standard InChI is InChI=1S/C10H11BrClI/c1-6(2)8-4-3-7(5-12)9(11)10(8)13/h3-4,6H,5H2,1-2H3. The molecule has 3 heteroatoms. The smallest absolute Gasteiger partial charge is 0.0485 e. The second-order valence-electron chi connectivity index (χ2n) is 3.23. The zero-order valence-electron chi connectivity index (χ0n) is 7.57. The van der Waals surface area contributed by atoms with Gasteiger partial charge in [0.05, 0.1) is 0 Å². The van der Waals surface area contributed by atoms with Crippen molar-refractivity contribution >= 4 is 50.1 Å². The molecule has 0 saturated carbocycles. The van der Waals surface area contributed by atoms with E-state index in [0.717, 1.165) is 10.0 Å². The van der Waals surface area contributed by atoms with Crippen LogP contribution in [0.1, 0.15) is 30.9 Å². The summed E-state index contributed by atoms with van der Waals surface area (Å²) < 4.78 is 2.43. The van der Waals surface area contributed by atoms with E-state index in [4.69, 9.17) is 11.6 Å². The average Bonchev–Trinajstić information content (AvgIpc) is 2.09. The maximum absolute atomic E-state index is 5.80. The fourth-order valence-corrected chi connectivity index (χ4v) is 3.19. The van der Waals surface area contributed by atoms with Crippen molar-refractivity contribution in [3.8, 4) is 0 Å². The molecule has 0 aliphatic carbocycles. The van der Waals surface area contributed by atoms with E-state index in [9.17, 15) is 0 Å². The van der Waals surface area contributed by atoms with E-state index in [-0.39, 0.29) is 0 Å². The molecule has 0 atom stereocenters. The molecule has 0 radical (unpaired) electrons. The Kier molecular flexibility index (Phi) is 4.52. The van der Waals surface area contributed by atoms with Crippen LogP contribution in [0.15, 0.2) is 16.6 Å². The van der Waals surface area contributed by atoms with Crippen molar-refractivity contribution in [1.29, 1.82) is 0 Å². The second-order valence-corrected chi connectivity index (χ2v) is 5.37. The minimum atomic E-state index is 0.563. The minimum absolute atomic E-state index is 0.563. The van der Waals surface area contributed by atoms with Crippen molar-refractivity contribution in [1.82, 2.24) is 0 Å². The lowest BCUT2D eigenvalue weighted by molar-refractivity contribution is 0.857. The lowest BCUT2D eigenvalue weighted by atomic mass is 10.0. The van der Waals surface area contributed by atoms with Crippen LogP contribution in [0.2, 0.25) is 0 Å². The molecule has 0 aliphatic rings. The van der Waals surface area contributed by atoms with Crippen molar-refractivity contribution in [3.63, 3.8) is 0 Å². The molecule has 0 unspecified atom stereocenters. The second kappa shape index (κ2) is 4.99. The highest BCUT2D eigenvalue weighted by Gasteiger charge is 2.10. The summed E-state index contributed by atoms with van der Waals surface area (Å²) in [5.41, 5.74) is 2.54. The highest BCUT2D eigenvalue weighted by atomic mass is 127. The summed E-state index contributed by atoms with van der Waals surface area (Å²) in [6.07, 6.45) is 0. The molecule has 0 saturated heterocycles. The van der Waals surface area contributed by atoms with Gasteiger partial charge in [-0.1, -0.05) is 26.0 Å². The summed E-state index contributed by atoms with van der Waals surface area (Å²) in [6.45, 7) is 4.40. The zero-order chi connectivity index (χ0) is 10.0. The predicted molar refractivity (Wildman–Crippen MR) is 70.5 cm³/mol. The lowest BCUT2D eigenvalue weighted by Crippen LogP contribution is -1.95. The molecule has 1 rings (SSSR count). The van der Waals surface area contributed by atoms with E-state index in [1.165, 1.54) is 9.13 Å². The average molecular weight is 373 g/mol. The van der Waals surface area contributed by atoms with E-state index >= 15 is 0 Å². The third kappa shape index (κ3) is 2.60. The molecule has 13 heavy (non-hydrogen) atoms. The van der Waals surface area contributed by atoms with Gasteiger partial charge in [-0.2, -0.15) is 0 Å². The Balaban J connectivity index is 3.23. The first-order valence-electron chi connectivity index (χ1n) is 4.10. The van der Waals surface area contributed by atoms with Crippen LogP contribution < -0.4 is 0 Å². The van der Waals surface area contributed by atoms with Gasteiger partial charge in [0.1, 0.15) is 0 Å². The molecule has 0 aromatic heterocycles. The highest BCUT2D eigenvalue weighted by Crippen LogP contribution is 2.31. The van der Waals surface area contributed by atoms with Crippen LogP contribution in [0.25, 0.3) is 0 Å². The Morgan fingerprint density at radius 1 is 1.46 bits per heavy atom. The van der Waals surface area contributed by atoms with Crippen LogP contribution in [0.3, 0.4) is 0 Å². The molecule has 0 spiro atoms. The van der Waals surface area contributed by atoms with Gasteiger partial charge in [-0.25, -0.2) is 0 Å². The Morgan fingerprint density at radius 2 is 2.08 bits per heavy atom. The SMILES string of the molecule is CC(C)c1ccc(CCl)c(Br)c1I. The summed E-state index contributed by atoms with van der Waals surface area (Å²) in [7, 11) is 0. The van der Waals surface area contributed by atoms with Crippen LogP contribution in [-0.2, 0) is 5.88 Å². The predicted octanol–water partition coefficient (Wildman–Crippen LogP) is 4.92. The van der Waals surface area contributed by atoms with Gasteiger partial charge >= 0.3 is 0 Å². The number of hydrogen-bond acceptors (Lipinski definition) is 0. The van der Waals surface area contributed by atoms with Crippen molar-refractivity contribution < 1.29 is 0 Å². The topological polar surface area (TPSA) is 0 Å². The molecule has 1 aromatic carbocycles. The van der Waals surface area contributed by atoms with E-state index in [2.05, 4.69) is 64.5 Å². The molecule has 0 N–H and O–H groups in total. The summed E-state index contributed by atoms with van der Waals surface area (Å²) in [5.74, 6) is 1.13. The van der Waals surface area contributed by atoms with Gasteiger partial charge in [0.2, 0.25) is 0 Å². The van der Waals surface area contributed by atoms with Crippen LogP contribution in [-0.4, -0.2) is 0 Å². The van der Waals surface area contributed by atoms with Gasteiger partial charge in [0.15, 0.2) is 0 Å². The van der Waals surface area contributed by atoms with E-state index < -0.39 is 0 Å². The van der Waals surface area contributed by atoms with Crippen LogP contribution in [0.4, 0.5) is 0 Å². The molecular weight excluding hydrogens is 362 g/mol. The van der Waals surface area contributed by atoms with Crippen molar-refractivity contribution in [2.75, 3.05) is 0 Å². The largest absolute Gasteiger partial charge is 0.122 e. The van der Waals surface area contributed by atoms with Crippen LogP contribution in [0.5, 0.6) is 0 Å². The third-order valence-corrected chi connectivity index (χ3v) is 5.06. The Hall–Kier alpha value is 0.720. The Morgan fingerprint density at radius 3 is 2.54 bits per heavy atom. The number of alkyl halides is 1. The maximum Gasteiger partial charge on any atom is 0.0485 e. The van der Waals surface area contributed by atoms with E-state index in [0.29, 0.717) is 11.8 Å². The quantitative estimate of drug-likeness (QED) is 0.510. The third-order valence-electron chi connectivity index (χ3n) is 1.96. The van der Waals surface area contributed by atoms with Gasteiger partial charge in [-0.05, 0) is 55.6 Å². The molecular formula is C10H11BrClI.